The molecule has 1 fully saturated rings. The van der Waals surface area contributed by atoms with E-state index in [4.69, 9.17) is 9.47 Å². The molecule has 1 unspecified atom stereocenters. The van der Waals surface area contributed by atoms with Crippen LogP contribution < -0.4 is 10.1 Å². The first-order valence-corrected chi connectivity index (χ1v) is 6.46. The van der Waals surface area contributed by atoms with Crippen LogP contribution in [0.25, 0.3) is 0 Å². The molecule has 1 aromatic carbocycles. The van der Waals surface area contributed by atoms with Crippen molar-refractivity contribution in [1.82, 2.24) is 4.90 Å². The van der Waals surface area contributed by atoms with Crippen LogP contribution in [0.4, 0.5) is 5.69 Å². The van der Waals surface area contributed by atoms with Crippen molar-refractivity contribution in [1.29, 1.82) is 0 Å². The van der Waals surface area contributed by atoms with E-state index in [0.29, 0.717) is 6.04 Å². The number of benzene rings is 1. The lowest BCUT2D eigenvalue weighted by molar-refractivity contribution is 0.195. The molecule has 0 aromatic heterocycles. The Morgan fingerprint density at radius 3 is 2.72 bits per heavy atom. The standard InChI is InChI=1S/C14H22N2O2/c1-16(2)8-10-18-14-5-3-12(4-6-14)15-13-7-9-17-11-13/h3-6,13,15H,7-11H2,1-2H3. The topological polar surface area (TPSA) is 33.7 Å². The molecule has 2 rings (SSSR count). The van der Waals surface area contributed by atoms with E-state index in [-0.39, 0.29) is 0 Å². The van der Waals surface area contributed by atoms with E-state index in [1.54, 1.807) is 0 Å². The van der Waals surface area contributed by atoms with Gasteiger partial charge in [0.1, 0.15) is 12.4 Å². The minimum absolute atomic E-state index is 0.450. The fourth-order valence-electron chi connectivity index (χ4n) is 1.88. The molecule has 4 nitrogen and oxygen atoms in total. The van der Waals surface area contributed by atoms with Crippen LogP contribution in [0.3, 0.4) is 0 Å². The summed E-state index contributed by atoms with van der Waals surface area (Å²) in [6.07, 6.45) is 1.08. The Hall–Kier alpha value is -1.26. The molecule has 0 bridgehead atoms. The molecule has 1 aliphatic heterocycles. The normalized spacial score (nSPS) is 19.2. The molecule has 1 aromatic rings. The van der Waals surface area contributed by atoms with Crippen molar-refractivity contribution in [3.05, 3.63) is 24.3 Å². The molecule has 0 aliphatic carbocycles. The van der Waals surface area contributed by atoms with E-state index in [1.807, 2.05) is 26.2 Å². The first-order chi connectivity index (χ1) is 8.74. The highest BCUT2D eigenvalue weighted by Gasteiger charge is 2.14. The lowest BCUT2D eigenvalue weighted by Gasteiger charge is -2.14. The van der Waals surface area contributed by atoms with Crippen LogP contribution in [-0.2, 0) is 4.74 Å². The van der Waals surface area contributed by atoms with Gasteiger partial charge in [0.2, 0.25) is 0 Å². The minimum atomic E-state index is 0.450. The van der Waals surface area contributed by atoms with Crippen molar-refractivity contribution in [2.45, 2.75) is 12.5 Å². The van der Waals surface area contributed by atoms with Gasteiger partial charge < -0.3 is 19.7 Å². The molecule has 1 aliphatic rings. The van der Waals surface area contributed by atoms with E-state index < -0.39 is 0 Å². The van der Waals surface area contributed by atoms with E-state index in [1.165, 1.54) is 0 Å². The van der Waals surface area contributed by atoms with Gasteiger partial charge in [-0.2, -0.15) is 0 Å². The van der Waals surface area contributed by atoms with E-state index in [2.05, 4.69) is 22.3 Å². The van der Waals surface area contributed by atoms with Gasteiger partial charge >= 0.3 is 0 Å². The van der Waals surface area contributed by atoms with E-state index in [0.717, 1.165) is 44.2 Å². The molecule has 0 amide bonds. The zero-order valence-corrected chi connectivity index (χ0v) is 11.2. The monoisotopic (exact) mass is 250 g/mol. The molecule has 0 saturated carbocycles. The number of ether oxygens (including phenoxy) is 2. The van der Waals surface area contributed by atoms with Gasteiger partial charge in [-0.15, -0.1) is 0 Å². The lowest BCUT2D eigenvalue weighted by Crippen LogP contribution is -2.19. The summed E-state index contributed by atoms with van der Waals surface area (Å²) in [5.41, 5.74) is 1.13. The van der Waals surface area contributed by atoms with Gasteiger partial charge in [-0.25, -0.2) is 0 Å². The van der Waals surface area contributed by atoms with Crippen LogP contribution in [-0.4, -0.2) is 51.4 Å². The molecule has 100 valence electrons. The maximum Gasteiger partial charge on any atom is 0.119 e. The second kappa shape index (κ2) is 6.61. The average molecular weight is 250 g/mol. The van der Waals surface area contributed by atoms with Crippen LogP contribution in [0, 0.1) is 0 Å². The van der Waals surface area contributed by atoms with Crippen LogP contribution in [0.2, 0.25) is 0 Å². The summed E-state index contributed by atoms with van der Waals surface area (Å²) in [7, 11) is 4.08. The maximum atomic E-state index is 5.65. The second-order valence-corrected chi connectivity index (χ2v) is 4.88. The lowest BCUT2D eigenvalue weighted by atomic mass is 10.2. The first kappa shape index (κ1) is 13.2. The zero-order chi connectivity index (χ0) is 12.8. The van der Waals surface area contributed by atoms with Crippen LogP contribution in [0.15, 0.2) is 24.3 Å². The minimum Gasteiger partial charge on any atom is -0.492 e. The number of nitrogens with one attached hydrogen (secondary N) is 1. The highest BCUT2D eigenvalue weighted by molar-refractivity contribution is 5.47. The Bertz CT molecular complexity index is 345. The largest absolute Gasteiger partial charge is 0.492 e. The average Bonchev–Trinajstić information content (AvgIpc) is 2.84. The number of rotatable bonds is 6. The Morgan fingerprint density at radius 1 is 1.33 bits per heavy atom. The molecular formula is C14H22N2O2. The summed E-state index contributed by atoms with van der Waals surface area (Å²) < 4.78 is 11.0. The van der Waals surface area contributed by atoms with Gasteiger partial charge in [-0.3, -0.25) is 0 Å². The van der Waals surface area contributed by atoms with Crippen molar-refractivity contribution in [3.8, 4) is 5.75 Å². The maximum absolute atomic E-state index is 5.65. The van der Waals surface area contributed by atoms with E-state index in [9.17, 15) is 0 Å². The molecular weight excluding hydrogens is 228 g/mol. The van der Waals surface area contributed by atoms with Gasteiger partial charge in [0.05, 0.1) is 12.6 Å². The number of likely N-dealkylation sites (N-methyl/N-ethyl adjacent to an activating group) is 1. The fourth-order valence-corrected chi connectivity index (χ4v) is 1.88. The van der Waals surface area contributed by atoms with Crippen LogP contribution >= 0.6 is 0 Å². The molecule has 18 heavy (non-hydrogen) atoms. The third-order valence-electron chi connectivity index (χ3n) is 2.96. The van der Waals surface area contributed by atoms with Crippen molar-refractivity contribution >= 4 is 5.69 Å². The summed E-state index contributed by atoms with van der Waals surface area (Å²) in [6, 6.07) is 8.58. The van der Waals surface area contributed by atoms with Crippen molar-refractivity contribution in [3.63, 3.8) is 0 Å². The summed E-state index contributed by atoms with van der Waals surface area (Å²) in [6.45, 7) is 3.32. The van der Waals surface area contributed by atoms with Gasteiger partial charge in [0.15, 0.2) is 0 Å². The van der Waals surface area contributed by atoms with Crippen molar-refractivity contribution in [2.75, 3.05) is 45.8 Å². The highest BCUT2D eigenvalue weighted by Crippen LogP contribution is 2.18. The van der Waals surface area contributed by atoms with Gasteiger partial charge in [-0.1, -0.05) is 0 Å². The molecule has 0 spiro atoms. The Morgan fingerprint density at radius 2 is 2.11 bits per heavy atom. The summed E-state index contributed by atoms with van der Waals surface area (Å²) in [5.74, 6) is 0.921. The predicted octanol–water partition coefficient (Wildman–Crippen LogP) is 1.83. The van der Waals surface area contributed by atoms with E-state index >= 15 is 0 Å². The number of hydrogen-bond donors (Lipinski definition) is 1. The third kappa shape index (κ3) is 4.20. The number of nitrogens with zero attached hydrogens (tertiary/aromatic N) is 1. The second-order valence-electron chi connectivity index (χ2n) is 4.88. The third-order valence-corrected chi connectivity index (χ3v) is 2.96. The number of hydrogen-bond acceptors (Lipinski definition) is 4. The smallest absolute Gasteiger partial charge is 0.119 e. The Labute approximate surface area is 109 Å². The van der Waals surface area contributed by atoms with Crippen molar-refractivity contribution in [2.24, 2.45) is 0 Å². The SMILES string of the molecule is CN(C)CCOc1ccc(NC2CCOC2)cc1. The molecule has 1 N–H and O–H groups in total. The Balaban J connectivity index is 1.77. The van der Waals surface area contributed by atoms with Gasteiger partial charge in [0, 0.05) is 18.8 Å². The van der Waals surface area contributed by atoms with Gasteiger partial charge in [-0.05, 0) is 44.8 Å². The zero-order valence-electron chi connectivity index (χ0n) is 11.2. The fraction of sp³-hybridized carbons (Fsp3) is 0.571. The molecule has 1 heterocycles. The summed E-state index contributed by atoms with van der Waals surface area (Å²) in [4.78, 5) is 2.11. The van der Waals surface area contributed by atoms with Crippen LogP contribution in [0.1, 0.15) is 6.42 Å². The molecule has 1 atom stereocenters. The quantitative estimate of drug-likeness (QED) is 0.835. The number of anilines is 1. The van der Waals surface area contributed by atoms with Crippen LogP contribution in [0.5, 0.6) is 5.75 Å². The summed E-state index contributed by atoms with van der Waals surface area (Å²) >= 11 is 0. The predicted molar refractivity (Wildman–Crippen MR) is 73.3 cm³/mol. The summed E-state index contributed by atoms with van der Waals surface area (Å²) in [5, 5.41) is 3.45. The van der Waals surface area contributed by atoms with Gasteiger partial charge in [0.25, 0.3) is 0 Å². The highest BCUT2D eigenvalue weighted by atomic mass is 16.5. The molecule has 0 radical (unpaired) electrons. The van der Waals surface area contributed by atoms with Crippen molar-refractivity contribution < 1.29 is 9.47 Å². The molecule has 4 heteroatoms. The first-order valence-electron chi connectivity index (χ1n) is 6.46. The molecule has 1 saturated heterocycles. The Kier molecular flexibility index (Phi) is 4.84.